The van der Waals surface area contributed by atoms with Crippen LogP contribution in [-0.4, -0.2) is 41.8 Å². The predicted octanol–water partition coefficient (Wildman–Crippen LogP) is 4.12. The van der Waals surface area contributed by atoms with Crippen LogP contribution in [0.4, 0.5) is 10.8 Å². The van der Waals surface area contributed by atoms with Crippen molar-refractivity contribution in [2.75, 3.05) is 18.1 Å². The van der Waals surface area contributed by atoms with Gasteiger partial charge in [0.05, 0.1) is 22.8 Å². The van der Waals surface area contributed by atoms with Gasteiger partial charge in [-0.25, -0.2) is 13.4 Å². The smallest absolute Gasteiger partial charge is 0.238 e. The molecule has 0 amide bonds. The fourth-order valence-corrected chi connectivity index (χ4v) is 5.15. The molecule has 0 saturated carbocycles. The summed E-state index contributed by atoms with van der Waals surface area (Å²) in [6.45, 7) is 1.82. The Kier molecular flexibility index (Phi) is 5.05. The van der Waals surface area contributed by atoms with Crippen LogP contribution in [-0.2, 0) is 15.6 Å². The van der Waals surface area contributed by atoms with Crippen molar-refractivity contribution in [1.29, 1.82) is 0 Å². The highest BCUT2D eigenvalue weighted by atomic mass is 35.5. The van der Waals surface area contributed by atoms with Crippen molar-refractivity contribution < 1.29 is 8.42 Å². The first kappa shape index (κ1) is 19.8. The normalized spacial score (nSPS) is 20.6. The first-order valence-corrected chi connectivity index (χ1v) is 11.6. The summed E-state index contributed by atoms with van der Waals surface area (Å²) in [5.74, 6) is -0.0832. The third-order valence-corrected chi connectivity index (χ3v) is 7.52. The van der Waals surface area contributed by atoms with E-state index in [9.17, 15) is 8.42 Å². The van der Waals surface area contributed by atoms with Crippen LogP contribution in [0.3, 0.4) is 0 Å². The van der Waals surface area contributed by atoms with Crippen LogP contribution in [0, 0.1) is 0 Å². The highest BCUT2D eigenvalue weighted by molar-refractivity contribution is 7.89. The SMILES string of the molecule is CN1C=NC(C)(c2cccc(Nc3nc(-c4ccc(Cl)cn4)cs3)c2)CS1(=O)=O. The lowest BCUT2D eigenvalue weighted by molar-refractivity contribution is 0.485. The van der Waals surface area contributed by atoms with Crippen molar-refractivity contribution in [2.24, 2.45) is 4.99 Å². The maximum absolute atomic E-state index is 12.3. The number of nitrogens with zero attached hydrogens (tertiary/aromatic N) is 4. The molecule has 2 aromatic heterocycles. The average molecular weight is 448 g/mol. The van der Waals surface area contributed by atoms with E-state index in [4.69, 9.17) is 11.6 Å². The third-order valence-electron chi connectivity index (χ3n) is 4.64. The van der Waals surface area contributed by atoms with Crippen LogP contribution < -0.4 is 5.32 Å². The Morgan fingerprint density at radius 2 is 2.07 bits per heavy atom. The van der Waals surface area contributed by atoms with Crippen molar-refractivity contribution in [1.82, 2.24) is 14.3 Å². The van der Waals surface area contributed by atoms with Gasteiger partial charge in [0.2, 0.25) is 10.0 Å². The zero-order chi connectivity index (χ0) is 20.6. The second-order valence-electron chi connectivity index (χ2n) is 6.90. The minimum absolute atomic E-state index is 0.0832. The average Bonchev–Trinajstić information content (AvgIpc) is 3.14. The first-order chi connectivity index (χ1) is 13.7. The summed E-state index contributed by atoms with van der Waals surface area (Å²) in [6, 6.07) is 11.2. The van der Waals surface area contributed by atoms with E-state index >= 15 is 0 Å². The van der Waals surface area contributed by atoms with Gasteiger partial charge in [-0.15, -0.1) is 11.3 Å². The summed E-state index contributed by atoms with van der Waals surface area (Å²) in [5.41, 5.74) is 2.27. The second-order valence-corrected chi connectivity index (χ2v) is 10.2. The van der Waals surface area contributed by atoms with E-state index in [0.717, 1.165) is 26.9 Å². The Labute approximate surface area is 178 Å². The van der Waals surface area contributed by atoms with Crippen LogP contribution in [0.1, 0.15) is 12.5 Å². The Balaban J connectivity index is 1.57. The summed E-state index contributed by atoms with van der Waals surface area (Å²) in [5, 5.41) is 6.47. The van der Waals surface area contributed by atoms with E-state index in [1.807, 2.05) is 42.6 Å². The topological polar surface area (TPSA) is 87.5 Å². The van der Waals surface area contributed by atoms with Gasteiger partial charge < -0.3 is 5.32 Å². The zero-order valence-electron chi connectivity index (χ0n) is 15.7. The standard InChI is InChI=1S/C19H18ClN5O2S2/c1-19(11-29(26,27)25(2)12-22-19)13-4-3-5-15(8-13)23-18-24-17(10-28-18)16-7-6-14(20)9-21-16/h3-10,12H,11H2,1-2H3,(H,23,24). The number of aromatic nitrogens is 2. The molecule has 1 N–H and O–H groups in total. The van der Waals surface area contributed by atoms with Gasteiger partial charge in [-0.05, 0) is 36.8 Å². The Morgan fingerprint density at radius 3 is 2.79 bits per heavy atom. The quantitative estimate of drug-likeness (QED) is 0.649. The number of pyridine rings is 1. The maximum Gasteiger partial charge on any atom is 0.238 e. The van der Waals surface area contributed by atoms with Gasteiger partial charge in [-0.3, -0.25) is 14.3 Å². The molecule has 0 fully saturated rings. The summed E-state index contributed by atoms with van der Waals surface area (Å²) in [4.78, 5) is 13.3. The molecule has 3 aromatic rings. The van der Waals surface area contributed by atoms with Crippen LogP contribution in [0.2, 0.25) is 5.02 Å². The number of hydrogen-bond donors (Lipinski definition) is 1. The highest BCUT2D eigenvalue weighted by Crippen LogP contribution is 2.33. The van der Waals surface area contributed by atoms with E-state index in [-0.39, 0.29) is 5.75 Å². The molecule has 1 aliphatic heterocycles. The minimum atomic E-state index is -3.38. The molecule has 1 atom stereocenters. The molecule has 0 spiro atoms. The van der Waals surface area contributed by atoms with Gasteiger partial charge in [0, 0.05) is 24.3 Å². The molecule has 1 aromatic carbocycles. The van der Waals surface area contributed by atoms with E-state index < -0.39 is 15.6 Å². The molecule has 0 saturated heterocycles. The fourth-order valence-electron chi connectivity index (χ4n) is 2.96. The summed E-state index contributed by atoms with van der Waals surface area (Å²) in [6.07, 6.45) is 2.95. The molecule has 7 nitrogen and oxygen atoms in total. The van der Waals surface area contributed by atoms with Crippen LogP contribution in [0.15, 0.2) is 53.0 Å². The number of hydrogen-bond acceptors (Lipinski definition) is 7. The van der Waals surface area contributed by atoms with Gasteiger partial charge in [0.25, 0.3) is 0 Å². The lowest BCUT2D eigenvalue weighted by Crippen LogP contribution is -2.42. The van der Waals surface area contributed by atoms with Crippen molar-refractivity contribution in [2.45, 2.75) is 12.5 Å². The molecule has 0 radical (unpaired) electrons. The monoisotopic (exact) mass is 447 g/mol. The van der Waals surface area contributed by atoms with E-state index in [1.165, 1.54) is 24.7 Å². The van der Waals surface area contributed by atoms with Crippen molar-refractivity contribution in [3.05, 3.63) is 58.6 Å². The van der Waals surface area contributed by atoms with E-state index in [0.29, 0.717) is 10.2 Å². The van der Waals surface area contributed by atoms with E-state index in [2.05, 4.69) is 20.3 Å². The third kappa shape index (κ3) is 4.12. The number of benzene rings is 1. The van der Waals surface area contributed by atoms with Crippen molar-refractivity contribution >= 4 is 50.1 Å². The van der Waals surface area contributed by atoms with Crippen molar-refractivity contribution in [3.8, 4) is 11.4 Å². The Morgan fingerprint density at radius 1 is 1.24 bits per heavy atom. The molecule has 0 aliphatic carbocycles. The van der Waals surface area contributed by atoms with Crippen LogP contribution in [0.25, 0.3) is 11.4 Å². The number of sulfonamides is 1. The number of halogens is 1. The number of rotatable bonds is 4. The molecule has 29 heavy (non-hydrogen) atoms. The van der Waals surface area contributed by atoms with Gasteiger partial charge in [0.15, 0.2) is 5.13 Å². The summed E-state index contributed by atoms with van der Waals surface area (Å²) in [7, 11) is -1.89. The first-order valence-electron chi connectivity index (χ1n) is 8.71. The largest absolute Gasteiger partial charge is 0.332 e. The van der Waals surface area contributed by atoms with Crippen LogP contribution >= 0.6 is 22.9 Å². The van der Waals surface area contributed by atoms with Crippen molar-refractivity contribution in [3.63, 3.8) is 0 Å². The number of nitrogens with one attached hydrogen (secondary N) is 1. The molecule has 4 rings (SSSR count). The van der Waals surface area contributed by atoms with Gasteiger partial charge >= 0.3 is 0 Å². The van der Waals surface area contributed by atoms with E-state index in [1.54, 1.807) is 12.3 Å². The zero-order valence-corrected chi connectivity index (χ0v) is 18.1. The molecule has 1 aliphatic rings. The number of aliphatic imine (C=N–C) groups is 1. The minimum Gasteiger partial charge on any atom is -0.332 e. The maximum atomic E-state index is 12.3. The molecule has 150 valence electrons. The van der Waals surface area contributed by atoms with Crippen LogP contribution in [0.5, 0.6) is 0 Å². The lowest BCUT2D eigenvalue weighted by Gasteiger charge is -2.32. The molecule has 0 bridgehead atoms. The molecular weight excluding hydrogens is 430 g/mol. The summed E-state index contributed by atoms with van der Waals surface area (Å²) < 4.78 is 25.8. The highest BCUT2D eigenvalue weighted by Gasteiger charge is 2.37. The fraction of sp³-hybridized carbons (Fsp3) is 0.211. The number of thiazole rings is 1. The molecule has 10 heteroatoms. The second kappa shape index (κ2) is 7.40. The molecular formula is C19H18ClN5O2S2. The van der Waals surface area contributed by atoms with Gasteiger partial charge in [0.1, 0.15) is 11.2 Å². The predicted molar refractivity (Wildman–Crippen MR) is 117 cm³/mol. The number of anilines is 2. The molecule has 1 unspecified atom stereocenters. The Hall–Kier alpha value is -2.49. The summed E-state index contributed by atoms with van der Waals surface area (Å²) >= 11 is 7.34. The Bertz CT molecular complexity index is 1180. The molecule has 3 heterocycles. The lowest BCUT2D eigenvalue weighted by atomic mass is 9.94. The van der Waals surface area contributed by atoms with Gasteiger partial charge in [-0.2, -0.15) is 0 Å². The van der Waals surface area contributed by atoms with Gasteiger partial charge in [-0.1, -0.05) is 23.7 Å².